The Labute approximate surface area is 192 Å². The van der Waals surface area contributed by atoms with Gasteiger partial charge in [-0.3, -0.25) is 4.99 Å². The first-order valence-corrected chi connectivity index (χ1v) is 11.3. The molecule has 0 radical (unpaired) electrons. The van der Waals surface area contributed by atoms with Gasteiger partial charge in [-0.25, -0.2) is 0 Å². The molecule has 3 aliphatic rings. The zero-order valence-electron chi connectivity index (χ0n) is 17.5. The number of furan rings is 1. The van der Waals surface area contributed by atoms with Crippen LogP contribution in [-0.4, -0.2) is 62.3 Å². The van der Waals surface area contributed by atoms with Crippen LogP contribution in [0.2, 0.25) is 0 Å². The van der Waals surface area contributed by atoms with Gasteiger partial charge in [0.1, 0.15) is 5.76 Å². The van der Waals surface area contributed by atoms with Crippen molar-refractivity contribution in [3.05, 3.63) is 24.2 Å². The molecule has 2 saturated heterocycles. The van der Waals surface area contributed by atoms with Crippen LogP contribution >= 0.6 is 24.0 Å². The summed E-state index contributed by atoms with van der Waals surface area (Å²) in [6.45, 7) is 5.85. The third kappa shape index (κ3) is 7.14. The molecule has 0 bridgehead atoms. The summed E-state index contributed by atoms with van der Waals surface area (Å²) in [6.07, 6.45) is 11.8. The second kappa shape index (κ2) is 12.2. The number of aliphatic imine (C=N–C) groups is 1. The summed E-state index contributed by atoms with van der Waals surface area (Å²) in [7, 11) is 0. The number of nitrogens with zero attached hydrogens (tertiary/aromatic N) is 2. The maximum atomic E-state index is 5.50. The van der Waals surface area contributed by atoms with Crippen LogP contribution in [0, 0.1) is 5.92 Å². The molecular weight excluding hydrogens is 479 g/mol. The highest BCUT2D eigenvalue weighted by molar-refractivity contribution is 14.0. The van der Waals surface area contributed by atoms with Crippen molar-refractivity contribution in [1.82, 2.24) is 15.5 Å². The minimum atomic E-state index is 0. The average molecular weight is 516 g/mol. The molecule has 0 amide bonds. The third-order valence-electron chi connectivity index (χ3n) is 6.49. The lowest BCUT2D eigenvalue weighted by Crippen LogP contribution is -2.50. The molecule has 3 heterocycles. The van der Waals surface area contributed by atoms with Crippen molar-refractivity contribution in [3.8, 4) is 0 Å². The van der Waals surface area contributed by atoms with E-state index in [1.807, 2.05) is 12.1 Å². The number of hydrogen-bond donors (Lipinski definition) is 2. The summed E-state index contributed by atoms with van der Waals surface area (Å²) >= 11 is 0. The van der Waals surface area contributed by atoms with Crippen LogP contribution < -0.4 is 10.6 Å². The summed E-state index contributed by atoms with van der Waals surface area (Å²) in [5, 5.41) is 7.23. The predicted octanol–water partition coefficient (Wildman–Crippen LogP) is 3.42. The van der Waals surface area contributed by atoms with E-state index in [0.29, 0.717) is 12.0 Å². The van der Waals surface area contributed by atoms with Gasteiger partial charge in [-0.05, 0) is 44.2 Å². The van der Waals surface area contributed by atoms with Crippen LogP contribution in [0.25, 0.3) is 0 Å². The fraction of sp³-hybridized carbons (Fsp3) is 0.773. The van der Waals surface area contributed by atoms with Gasteiger partial charge in [0.25, 0.3) is 0 Å². The molecule has 1 atom stereocenters. The van der Waals surface area contributed by atoms with E-state index in [1.165, 1.54) is 51.6 Å². The average Bonchev–Trinajstić information content (AvgIpc) is 3.50. The van der Waals surface area contributed by atoms with Crippen LogP contribution in [0.1, 0.15) is 50.7 Å². The highest BCUT2D eigenvalue weighted by Crippen LogP contribution is 2.26. The Balaban J connectivity index is 0.00000240. The van der Waals surface area contributed by atoms with E-state index in [9.17, 15) is 0 Å². The smallest absolute Gasteiger partial charge is 0.191 e. The second-order valence-electron chi connectivity index (χ2n) is 8.57. The van der Waals surface area contributed by atoms with Crippen LogP contribution in [0.5, 0.6) is 0 Å². The van der Waals surface area contributed by atoms with Crippen LogP contribution in [0.3, 0.4) is 0 Å². The van der Waals surface area contributed by atoms with Crippen molar-refractivity contribution < 1.29 is 9.15 Å². The molecule has 1 aromatic heterocycles. The van der Waals surface area contributed by atoms with Crippen LogP contribution in [0.15, 0.2) is 27.8 Å². The van der Waals surface area contributed by atoms with E-state index >= 15 is 0 Å². The fourth-order valence-electron chi connectivity index (χ4n) is 4.73. The Morgan fingerprint density at radius 1 is 1.14 bits per heavy atom. The first kappa shape index (κ1) is 22.9. The standard InChI is InChI=1S/C22H36N4O2.HI/c1-2-5-20(4-1)26-12-8-19(9-13-26)25-22(24-16-18-10-15-27-17-18)23-11-7-21-6-3-14-28-21;/h3,6,14,18-20H,1-2,4-5,7-13,15-17H2,(H2,23,24,25);1H. The Morgan fingerprint density at radius 3 is 2.66 bits per heavy atom. The summed E-state index contributed by atoms with van der Waals surface area (Å²) < 4.78 is 10.9. The van der Waals surface area contributed by atoms with Gasteiger partial charge in [0.15, 0.2) is 5.96 Å². The van der Waals surface area contributed by atoms with Crippen molar-refractivity contribution >= 4 is 29.9 Å². The monoisotopic (exact) mass is 516 g/mol. The summed E-state index contributed by atoms with van der Waals surface area (Å²) in [5.41, 5.74) is 0. The highest BCUT2D eigenvalue weighted by Gasteiger charge is 2.27. The number of ether oxygens (including phenoxy) is 1. The van der Waals surface area contributed by atoms with Gasteiger partial charge in [-0.1, -0.05) is 12.8 Å². The molecule has 7 heteroatoms. The van der Waals surface area contributed by atoms with E-state index in [4.69, 9.17) is 14.1 Å². The van der Waals surface area contributed by atoms with Gasteiger partial charge >= 0.3 is 0 Å². The minimum Gasteiger partial charge on any atom is -0.469 e. The molecule has 1 saturated carbocycles. The summed E-state index contributed by atoms with van der Waals surface area (Å²) in [5.74, 6) is 2.53. The highest BCUT2D eigenvalue weighted by atomic mass is 127. The maximum absolute atomic E-state index is 5.50. The topological polar surface area (TPSA) is 62.0 Å². The predicted molar refractivity (Wildman–Crippen MR) is 127 cm³/mol. The molecule has 1 aromatic rings. The van der Waals surface area contributed by atoms with E-state index < -0.39 is 0 Å². The first-order chi connectivity index (χ1) is 13.9. The van der Waals surface area contributed by atoms with E-state index in [2.05, 4.69) is 15.5 Å². The second-order valence-corrected chi connectivity index (χ2v) is 8.57. The van der Waals surface area contributed by atoms with Crippen molar-refractivity contribution in [3.63, 3.8) is 0 Å². The van der Waals surface area contributed by atoms with Crippen LogP contribution in [-0.2, 0) is 11.2 Å². The Bertz CT molecular complexity index is 590. The summed E-state index contributed by atoms with van der Waals surface area (Å²) in [4.78, 5) is 7.61. The molecule has 6 nitrogen and oxygen atoms in total. The molecule has 1 aliphatic carbocycles. The summed E-state index contributed by atoms with van der Waals surface area (Å²) in [6, 6.07) is 5.34. The molecular formula is C22H37IN4O2. The Kier molecular flexibility index (Phi) is 9.58. The molecule has 4 rings (SSSR count). The van der Waals surface area contributed by atoms with Gasteiger partial charge in [0.2, 0.25) is 0 Å². The number of rotatable bonds is 7. The lowest BCUT2D eigenvalue weighted by atomic mass is 10.0. The number of likely N-dealkylation sites (tertiary alicyclic amines) is 1. The van der Waals surface area contributed by atoms with Crippen molar-refractivity contribution in [1.29, 1.82) is 0 Å². The number of nitrogens with one attached hydrogen (secondary N) is 2. The number of hydrogen-bond acceptors (Lipinski definition) is 4. The quantitative estimate of drug-likeness (QED) is 0.331. The van der Waals surface area contributed by atoms with Gasteiger partial charge in [-0.15, -0.1) is 24.0 Å². The van der Waals surface area contributed by atoms with Crippen molar-refractivity contribution in [2.45, 2.75) is 63.5 Å². The largest absolute Gasteiger partial charge is 0.469 e. The van der Waals surface area contributed by atoms with Crippen molar-refractivity contribution in [2.24, 2.45) is 10.9 Å². The molecule has 2 N–H and O–H groups in total. The first-order valence-electron chi connectivity index (χ1n) is 11.3. The van der Waals surface area contributed by atoms with Gasteiger partial charge < -0.3 is 24.7 Å². The number of piperidine rings is 1. The van der Waals surface area contributed by atoms with Crippen LogP contribution in [0.4, 0.5) is 0 Å². The maximum Gasteiger partial charge on any atom is 0.191 e. The van der Waals surface area contributed by atoms with Gasteiger partial charge in [-0.2, -0.15) is 0 Å². The SMILES string of the molecule is I.c1coc(CCNC(=NCC2CCOC2)NC2CCN(C3CCCC3)CC2)c1. The molecule has 1 unspecified atom stereocenters. The number of guanidine groups is 1. The minimum absolute atomic E-state index is 0. The Hall–Kier alpha value is -0.800. The van der Waals surface area contributed by atoms with E-state index in [1.54, 1.807) is 6.26 Å². The van der Waals surface area contributed by atoms with Crippen molar-refractivity contribution in [2.75, 3.05) is 39.4 Å². The third-order valence-corrected chi connectivity index (χ3v) is 6.49. The number of halogens is 1. The molecule has 2 aliphatic heterocycles. The molecule has 29 heavy (non-hydrogen) atoms. The molecule has 0 spiro atoms. The van der Waals surface area contributed by atoms with E-state index in [-0.39, 0.29) is 24.0 Å². The fourth-order valence-corrected chi connectivity index (χ4v) is 4.73. The lowest BCUT2D eigenvalue weighted by Gasteiger charge is -2.36. The zero-order chi connectivity index (χ0) is 19.0. The molecule has 0 aromatic carbocycles. The molecule has 164 valence electrons. The Morgan fingerprint density at radius 2 is 1.97 bits per heavy atom. The van der Waals surface area contributed by atoms with Gasteiger partial charge in [0, 0.05) is 57.2 Å². The van der Waals surface area contributed by atoms with Gasteiger partial charge in [0.05, 0.1) is 12.9 Å². The normalized spacial score (nSPS) is 24.6. The van der Waals surface area contributed by atoms with E-state index in [0.717, 1.165) is 56.9 Å². The zero-order valence-corrected chi connectivity index (χ0v) is 19.8. The lowest BCUT2D eigenvalue weighted by molar-refractivity contribution is 0.150. The molecule has 3 fully saturated rings.